The number of hydrogen-bond acceptors (Lipinski definition) is 8. The van der Waals surface area contributed by atoms with Crippen LogP contribution in [0.2, 0.25) is 0 Å². The number of carbonyl (C=O) groups is 2. The first-order valence-electron chi connectivity index (χ1n) is 13.1. The number of hydrogen-bond donors (Lipinski definition) is 2. The third kappa shape index (κ3) is 9.41. The van der Waals surface area contributed by atoms with Gasteiger partial charge in [-0.15, -0.1) is 0 Å². The van der Waals surface area contributed by atoms with Gasteiger partial charge in [0.05, 0.1) is 13.1 Å². The average molecular weight is 549 g/mol. The molecule has 214 valence electrons. The molecule has 0 unspecified atom stereocenters. The molecule has 3 aromatic rings. The Kier molecular flexibility index (Phi) is 9.52. The molecule has 0 spiro atoms. The summed E-state index contributed by atoms with van der Waals surface area (Å²) in [4.78, 5) is 28.7. The molecule has 3 rings (SSSR count). The molecule has 0 aliphatic carbocycles. The van der Waals surface area contributed by atoms with Crippen LogP contribution in [0.15, 0.2) is 72.8 Å². The van der Waals surface area contributed by atoms with Crippen LogP contribution in [0.25, 0.3) is 0 Å². The van der Waals surface area contributed by atoms with Crippen molar-refractivity contribution in [3.63, 3.8) is 0 Å². The summed E-state index contributed by atoms with van der Waals surface area (Å²) in [7, 11) is 0. The zero-order chi connectivity index (χ0) is 29.5. The third-order valence-corrected chi connectivity index (χ3v) is 5.54. The first kappa shape index (κ1) is 30.1. The van der Waals surface area contributed by atoms with Gasteiger partial charge in [-0.3, -0.25) is 4.90 Å². The van der Waals surface area contributed by atoms with E-state index in [2.05, 4.69) is 0 Å². The molecule has 40 heavy (non-hydrogen) atoms. The van der Waals surface area contributed by atoms with Gasteiger partial charge < -0.3 is 30.6 Å². The Labute approximate surface area is 236 Å². The number of amides is 1. The van der Waals surface area contributed by atoms with Gasteiger partial charge in [-0.05, 0) is 108 Å². The minimum Gasteiger partial charge on any atom is -0.443 e. The summed E-state index contributed by atoms with van der Waals surface area (Å²) >= 11 is 0. The van der Waals surface area contributed by atoms with Crippen LogP contribution in [-0.2, 0) is 20.8 Å². The van der Waals surface area contributed by atoms with Gasteiger partial charge in [-0.25, -0.2) is 9.59 Å². The van der Waals surface area contributed by atoms with E-state index in [0.29, 0.717) is 30.2 Å². The van der Waals surface area contributed by atoms with E-state index in [1.807, 2.05) is 74.2 Å². The van der Waals surface area contributed by atoms with Crippen LogP contribution < -0.4 is 21.3 Å². The zero-order valence-electron chi connectivity index (χ0n) is 24.1. The summed E-state index contributed by atoms with van der Waals surface area (Å²) in [5.41, 5.74) is 15.1. The lowest BCUT2D eigenvalue weighted by atomic mass is 10.1. The highest BCUT2D eigenvalue weighted by atomic mass is 16.7. The second kappa shape index (κ2) is 12.6. The fraction of sp³-hybridized carbons (Fsp3) is 0.355. The molecule has 0 heterocycles. The number of anilines is 5. The van der Waals surface area contributed by atoms with Gasteiger partial charge in [0.25, 0.3) is 0 Å². The van der Waals surface area contributed by atoms with Crippen LogP contribution in [-0.4, -0.2) is 36.6 Å². The van der Waals surface area contributed by atoms with E-state index >= 15 is 0 Å². The second-order valence-corrected chi connectivity index (χ2v) is 11.4. The lowest BCUT2D eigenvalue weighted by Crippen LogP contribution is -2.36. The summed E-state index contributed by atoms with van der Waals surface area (Å²) in [6.45, 7) is 11.7. The highest BCUT2D eigenvalue weighted by Crippen LogP contribution is 2.28. The molecule has 0 aromatic heterocycles. The van der Waals surface area contributed by atoms with Crippen LogP contribution in [0.5, 0.6) is 0 Å². The van der Waals surface area contributed by atoms with Gasteiger partial charge in [0, 0.05) is 28.4 Å². The molecule has 0 saturated carbocycles. The third-order valence-electron chi connectivity index (χ3n) is 5.54. The van der Waals surface area contributed by atoms with Gasteiger partial charge in [0.2, 0.25) is 0 Å². The van der Waals surface area contributed by atoms with Crippen LogP contribution in [0.1, 0.15) is 47.1 Å². The average Bonchev–Trinajstić information content (AvgIpc) is 2.85. The van der Waals surface area contributed by atoms with Crippen molar-refractivity contribution >= 4 is 40.7 Å². The molecule has 1 amide bonds. The van der Waals surface area contributed by atoms with E-state index in [4.69, 9.17) is 25.7 Å². The van der Waals surface area contributed by atoms with Crippen molar-refractivity contribution in [1.29, 1.82) is 0 Å². The Hall–Kier alpha value is -4.40. The fourth-order valence-corrected chi connectivity index (χ4v) is 3.76. The Balaban J connectivity index is 1.81. The van der Waals surface area contributed by atoms with Crippen LogP contribution in [0.4, 0.5) is 38.0 Å². The molecule has 4 N–H and O–H groups in total. The number of nitrogens with zero attached hydrogens (tertiary/aromatic N) is 2. The number of benzene rings is 3. The lowest BCUT2D eigenvalue weighted by Gasteiger charge is -2.28. The van der Waals surface area contributed by atoms with Crippen LogP contribution in [0.3, 0.4) is 0 Å². The largest absolute Gasteiger partial charge is 0.508 e. The van der Waals surface area contributed by atoms with E-state index in [1.165, 1.54) is 0 Å². The Bertz CT molecular complexity index is 1260. The molecular weight excluding hydrogens is 508 g/mol. The Morgan fingerprint density at radius 2 is 1.12 bits per heavy atom. The van der Waals surface area contributed by atoms with Gasteiger partial charge in [0.15, 0.2) is 0 Å². The summed E-state index contributed by atoms with van der Waals surface area (Å²) < 4.78 is 16.2. The highest BCUT2D eigenvalue weighted by molar-refractivity contribution is 5.88. The molecule has 9 heteroatoms. The minimum atomic E-state index is -0.718. The van der Waals surface area contributed by atoms with E-state index in [9.17, 15) is 9.59 Å². The topological polar surface area (TPSA) is 120 Å². The van der Waals surface area contributed by atoms with Crippen molar-refractivity contribution in [2.24, 2.45) is 0 Å². The van der Waals surface area contributed by atoms with Gasteiger partial charge in [0.1, 0.15) is 17.8 Å². The normalized spacial score (nSPS) is 11.4. The smallest absolute Gasteiger partial charge is 0.443 e. The van der Waals surface area contributed by atoms with Gasteiger partial charge in [-0.1, -0.05) is 12.1 Å². The quantitative estimate of drug-likeness (QED) is 0.231. The van der Waals surface area contributed by atoms with Crippen molar-refractivity contribution < 1.29 is 23.8 Å². The van der Waals surface area contributed by atoms with E-state index in [1.54, 1.807) is 49.9 Å². The summed E-state index contributed by atoms with van der Waals surface area (Å²) in [5, 5.41) is 0. The molecule has 3 aromatic carbocycles. The number of carbonyl (C=O) groups excluding carboxylic acids is 2. The second-order valence-electron chi connectivity index (χ2n) is 11.4. The van der Waals surface area contributed by atoms with Gasteiger partial charge in [-0.2, -0.15) is 0 Å². The molecule has 0 atom stereocenters. The molecule has 0 saturated heterocycles. The van der Waals surface area contributed by atoms with Crippen LogP contribution >= 0.6 is 0 Å². The predicted molar refractivity (Wildman–Crippen MR) is 160 cm³/mol. The first-order chi connectivity index (χ1) is 18.7. The zero-order valence-corrected chi connectivity index (χ0v) is 24.1. The maximum atomic E-state index is 13.1. The summed E-state index contributed by atoms with van der Waals surface area (Å²) in [6, 6.07) is 22.3. The molecule has 0 fully saturated rings. The molecule has 0 aliphatic heterocycles. The van der Waals surface area contributed by atoms with Crippen molar-refractivity contribution in [2.75, 3.05) is 34.4 Å². The SMILES string of the molecule is CC(C)(C)OC(=O)OCCN(c1ccc(N)cc1)c1ccc(CN(C(=O)OC(C)(C)C)c2ccc(N)cc2)cc1. The van der Waals surface area contributed by atoms with Crippen molar-refractivity contribution in [2.45, 2.75) is 59.3 Å². The fourth-order valence-electron chi connectivity index (χ4n) is 3.76. The van der Waals surface area contributed by atoms with Crippen molar-refractivity contribution in [3.05, 3.63) is 78.4 Å². The number of ether oxygens (including phenoxy) is 3. The predicted octanol–water partition coefficient (Wildman–Crippen LogP) is 6.88. The Morgan fingerprint density at radius 3 is 1.60 bits per heavy atom. The summed E-state index contributed by atoms with van der Waals surface area (Å²) in [5.74, 6) is 0. The highest BCUT2D eigenvalue weighted by Gasteiger charge is 2.24. The summed E-state index contributed by atoms with van der Waals surface area (Å²) in [6.07, 6.45) is -1.17. The van der Waals surface area contributed by atoms with E-state index in [0.717, 1.165) is 16.9 Å². The molecule has 0 radical (unpaired) electrons. The molecular formula is C31H40N4O5. The maximum absolute atomic E-state index is 13.1. The molecule has 9 nitrogen and oxygen atoms in total. The lowest BCUT2D eigenvalue weighted by molar-refractivity contribution is -0.00583. The number of rotatable bonds is 8. The first-order valence-corrected chi connectivity index (χ1v) is 13.1. The van der Waals surface area contributed by atoms with E-state index in [-0.39, 0.29) is 6.61 Å². The van der Waals surface area contributed by atoms with Crippen LogP contribution in [0, 0.1) is 0 Å². The maximum Gasteiger partial charge on any atom is 0.508 e. The standard InChI is InChI=1S/C31H40N4O5/c1-30(2,3)39-28(36)35(27-17-11-24(33)12-18-27)21-22-7-13-25(14-8-22)34(26-15-9-23(32)10-16-26)19-20-38-29(37)40-31(4,5)6/h7-18H,19-21,32-33H2,1-6H3. The molecule has 0 bridgehead atoms. The van der Waals surface area contributed by atoms with Gasteiger partial charge >= 0.3 is 12.2 Å². The van der Waals surface area contributed by atoms with E-state index < -0.39 is 23.5 Å². The van der Waals surface area contributed by atoms with Crippen molar-refractivity contribution in [3.8, 4) is 0 Å². The van der Waals surface area contributed by atoms with Crippen molar-refractivity contribution in [1.82, 2.24) is 0 Å². The number of nitrogens with two attached hydrogens (primary N) is 2. The monoisotopic (exact) mass is 548 g/mol. The Morgan fingerprint density at radius 1 is 0.675 bits per heavy atom. The number of nitrogen functional groups attached to an aromatic ring is 2. The molecule has 0 aliphatic rings. The minimum absolute atomic E-state index is 0.116.